The molecule has 0 aliphatic rings. The van der Waals surface area contributed by atoms with Crippen LogP contribution in [0.15, 0.2) is 36.9 Å². The summed E-state index contributed by atoms with van der Waals surface area (Å²) in [5.74, 6) is 1.60. The van der Waals surface area contributed by atoms with Crippen molar-refractivity contribution in [2.75, 3.05) is 5.32 Å². The molecule has 0 saturated carbocycles. The van der Waals surface area contributed by atoms with E-state index in [4.69, 9.17) is 0 Å². The maximum absolute atomic E-state index is 12.6. The van der Waals surface area contributed by atoms with Crippen LogP contribution >= 0.6 is 0 Å². The van der Waals surface area contributed by atoms with Gasteiger partial charge in [0, 0.05) is 37.7 Å². The number of carbonyl (C=O) groups excluding carboxylic acids is 1. The number of rotatable bonds is 6. The van der Waals surface area contributed by atoms with Crippen LogP contribution in [0.4, 0.5) is 10.5 Å². The molecule has 1 aromatic carbocycles. The summed E-state index contributed by atoms with van der Waals surface area (Å²) >= 11 is 0. The fourth-order valence-electron chi connectivity index (χ4n) is 3.12. The second-order valence-corrected chi connectivity index (χ2v) is 6.58. The van der Waals surface area contributed by atoms with Gasteiger partial charge in [-0.1, -0.05) is 25.5 Å². The lowest BCUT2D eigenvalue weighted by molar-refractivity contribution is 0.247. The van der Waals surface area contributed by atoms with Gasteiger partial charge in [0.2, 0.25) is 0 Å². The van der Waals surface area contributed by atoms with E-state index >= 15 is 0 Å². The summed E-state index contributed by atoms with van der Waals surface area (Å²) < 4.78 is 3.78. The van der Waals surface area contributed by atoms with E-state index in [1.807, 2.05) is 54.5 Å². The van der Waals surface area contributed by atoms with Crippen LogP contribution in [0.25, 0.3) is 11.4 Å². The third kappa shape index (κ3) is 3.99. The van der Waals surface area contributed by atoms with Crippen molar-refractivity contribution < 1.29 is 4.79 Å². The summed E-state index contributed by atoms with van der Waals surface area (Å²) in [5, 5.41) is 14.1. The second-order valence-electron chi connectivity index (χ2n) is 6.58. The standard InChI is InChI=1S/C19H25N7O/c1-5-7-16(18-20-10-11-25(18)3)23-19(27)22-15-9-6-8-14(13(15)2)17-24-21-12-26(17)4/h6,8-12,16H,5,7H2,1-4H3,(H2,22,23,27)/t16-/m1/s1. The van der Waals surface area contributed by atoms with Crippen molar-refractivity contribution in [3.63, 3.8) is 0 Å². The van der Waals surface area contributed by atoms with Crippen molar-refractivity contribution in [1.29, 1.82) is 0 Å². The van der Waals surface area contributed by atoms with Crippen molar-refractivity contribution in [3.05, 3.63) is 48.3 Å². The number of hydrogen-bond donors (Lipinski definition) is 2. The molecular formula is C19H25N7O. The first-order valence-electron chi connectivity index (χ1n) is 9.00. The van der Waals surface area contributed by atoms with E-state index in [1.54, 1.807) is 12.5 Å². The highest BCUT2D eigenvalue weighted by molar-refractivity contribution is 5.91. The van der Waals surface area contributed by atoms with E-state index in [2.05, 4.69) is 32.7 Å². The van der Waals surface area contributed by atoms with Crippen LogP contribution in [0.3, 0.4) is 0 Å². The summed E-state index contributed by atoms with van der Waals surface area (Å²) in [4.78, 5) is 17.0. The van der Waals surface area contributed by atoms with Gasteiger partial charge in [0.1, 0.15) is 12.2 Å². The van der Waals surface area contributed by atoms with Crippen molar-refractivity contribution in [2.24, 2.45) is 14.1 Å². The maximum atomic E-state index is 12.6. The molecule has 1 atom stereocenters. The lowest BCUT2D eigenvalue weighted by Crippen LogP contribution is -2.34. The summed E-state index contributed by atoms with van der Waals surface area (Å²) in [6.45, 7) is 4.05. The van der Waals surface area contributed by atoms with Crippen LogP contribution in [0.2, 0.25) is 0 Å². The van der Waals surface area contributed by atoms with E-state index in [1.165, 1.54) is 0 Å². The zero-order chi connectivity index (χ0) is 19.4. The minimum Gasteiger partial charge on any atom is -0.336 e. The zero-order valence-electron chi connectivity index (χ0n) is 16.1. The van der Waals surface area contributed by atoms with E-state index in [9.17, 15) is 4.79 Å². The maximum Gasteiger partial charge on any atom is 0.319 e. The van der Waals surface area contributed by atoms with Crippen LogP contribution in [0.5, 0.6) is 0 Å². The highest BCUT2D eigenvalue weighted by Crippen LogP contribution is 2.27. The predicted octanol–water partition coefficient (Wildman–Crippen LogP) is 3.19. The third-order valence-corrected chi connectivity index (χ3v) is 4.59. The van der Waals surface area contributed by atoms with Crippen LogP contribution in [0, 0.1) is 6.92 Å². The Labute approximate surface area is 158 Å². The van der Waals surface area contributed by atoms with Gasteiger partial charge in [-0.3, -0.25) is 0 Å². The number of anilines is 1. The van der Waals surface area contributed by atoms with Crippen LogP contribution in [0.1, 0.15) is 37.2 Å². The number of aromatic nitrogens is 5. The number of nitrogens with one attached hydrogen (secondary N) is 2. The molecule has 2 heterocycles. The summed E-state index contributed by atoms with van der Waals surface area (Å²) in [5.41, 5.74) is 2.61. The Kier molecular flexibility index (Phi) is 5.54. The Morgan fingerprint density at radius 2 is 2.07 bits per heavy atom. The Hall–Kier alpha value is -3.16. The van der Waals surface area contributed by atoms with Crippen molar-refractivity contribution in [3.8, 4) is 11.4 Å². The Morgan fingerprint density at radius 3 is 2.70 bits per heavy atom. The highest BCUT2D eigenvalue weighted by atomic mass is 16.2. The van der Waals surface area contributed by atoms with Gasteiger partial charge in [-0.05, 0) is 25.0 Å². The van der Waals surface area contributed by atoms with Gasteiger partial charge in [-0.2, -0.15) is 0 Å². The van der Waals surface area contributed by atoms with Crippen molar-refractivity contribution in [1.82, 2.24) is 29.6 Å². The molecule has 27 heavy (non-hydrogen) atoms. The van der Waals surface area contributed by atoms with Gasteiger partial charge in [0.15, 0.2) is 5.82 Å². The molecule has 8 heteroatoms. The van der Waals surface area contributed by atoms with E-state index in [0.29, 0.717) is 0 Å². The molecule has 8 nitrogen and oxygen atoms in total. The first-order valence-corrected chi connectivity index (χ1v) is 9.00. The number of hydrogen-bond acceptors (Lipinski definition) is 4. The molecule has 0 radical (unpaired) electrons. The first kappa shape index (κ1) is 18.6. The molecule has 0 unspecified atom stereocenters. The average molecular weight is 367 g/mol. The topological polar surface area (TPSA) is 89.7 Å². The first-order chi connectivity index (χ1) is 13.0. The molecule has 0 aliphatic carbocycles. The van der Waals surface area contributed by atoms with Gasteiger partial charge < -0.3 is 19.8 Å². The molecule has 2 amide bonds. The fourth-order valence-corrected chi connectivity index (χ4v) is 3.12. The van der Waals surface area contributed by atoms with Crippen LogP contribution in [-0.2, 0) is 14.1 Å². The van der Waals surface area contributed by atoms with Gasteiger partial charge in [0.05, 0.1) is 6.04 Å². The fraction of sp³-hybridized carbons (Fsp3) is 0.368. The van der Waals surface area contributed by atoms with Crippen molar-refractivity contribution in [2.45, 2.75) is 32.7 Å². The third-order valence-electron chi connectivity index (χ3n) is 4.59. The summed E-state index contributed by atoms with van der Waals surface area (Å²) in [7, 11) is 3.82. The van der Waals surface area contributed by atoms with E-state index in [0.717, 1.165) is 41.3 Å². The predicted molar refractivity (Wildman–Crippen MR) is 104 cm³/mol. The zero-order valence-corrected chi connectivity index (χ0v) is 16.1. The molecule has 0 aliphatic heterocycles. The Bertz CT molecular complexity index is 928. The monoisotopic (exact) mass is 367 g/mol. The number of benzene rings is 1. The molecule has 0 spiro atoms. The van der Waals surface area contributed by atoms with Gasteiger partial charge >= 0.3 is 6.03 Å². The molecule has 3 aromatic rings. The Balaban J connectivity index is 1.78. The SMILES string of the molecule is CCC[C@@H](NC(=O)Nc1cccc(-c2nncn2C)c1C)c1nccn1C. The van der Waals surface area contributed by atoms with Gasteiger partial charge in [-0.25, -0.2) is 9.78 Å². The van der Waals surface area contributed by atoms with Gasteiger partial charge in [0.25, 0.3) is 0 Å². The molecule has 0 saturated heterocycles. The average Bonchev–Trinajstić information content (AvgIpc) is 3.25. The molecule has 0 bridgehead atoms. The van der Waals surface area contributed by atoms with Gasteiger partial charge in [-0.15, -0.1) is 10.2 Å². The smallest absolute Gasteiger partial charge is 0.319 e. The lowest BCUT2D eigenvalue weighted by atomic mass is 10.1. The molecule has 2 N–H and O–H groups in total. The number of imidazole rings is 1. The minimum absolute atomic E-state index is 0.141. The number of carbonyl (C=O) groups is 1. The number of aryl methyl sites for hydroxylation is 2. The highest BCUT2D eigenvalue weighted by Gasteiger charge is 2.19. The molecule has 3 rings (SSSR count). The quantitative estimate of drug-likeness (QED) is 0.700. The summed E-state index contributed by atoms with van der Waals surface area (Å²) in [6.07, 6.45) is 7.04. The van der Waals surface area contributed by atoms with E-state index in [-0.39, 0.29) is 12.1 Å². The number of urea groups is 1. The van der Waals surface area contributed by atoms with Crippen LogP contribution < -0.4 is 10.6 Å². The normalized spacial score (nSPS) is 12.0. The second kappa shape index (κ2) is 8.03. The molecule has 0 fully saturated rings. The summed E-state index contributed by atoms with van der Waals surface area (Å²) in [6, 6.07) is 5.35. The number of amides is 2. The van der Waals surface area contributed by atoms with Crippen LogP contribution in [-0.4, -0.2) is 30.3 Å². The number of nitrogens with zero attached hydrogens (tertiary/aromatic N) is 5. The lowest BCUT2D eigenvalue weighted by Gasteiger charge is -2.19. The molecule has 142 valence electrons. The van der Waals surface area contributed by atoms with E-state index < -0.39 is 0 Å². The Morgan fingerprint density at radius 1 is 1.26 bits per heavy atom. The molecule has 2 aromatic heterocycles. The molecular weight excluding hydrogens is 342 g/mol. The largest absolute Gasteiger partial charge is 0.336 e. The van der Waals surface area contributed by atoms with Crippen molar-refractivity contribution >= 4 is 11.7 Å². The minimum atomic E-state index is -0.255.